The number of morpholine rings is 1. The Bertz CT molecular complexity index is 619. The van der Waals surface area contributed by atoms with Crippen LogP contribution in [0.15, 0.2) is 41.8 Å². The summed E-state index contributed by atoms with van der Waals surface area (Å²) in [5.41, 5.74) is 2.49. The summed E-state index contributed by atoms with van der Waals surface area (Å²) >= 11 is 1.47. The van der Waals surface area contributed by atoms with Gasteiger partial charge in [-0.3, -0.25) is 9.69 Å². The number of ether oxygens (including phenoxy) is 1. The molecule has 1 atom stereocenters. The van der Waals surface area contributed by atoms with Gasteiger partial charge in [0.25, 0.3) is 5.91 Å². The number of hydrogen-bond donors (Lipinski definition) is 1. The average molecular weight is 330 g/mol. The van der Waals surface area contributed by atoms with Crippen molar-refractivity contribution in [2.45, 2.75) is 13.0 Å². The number of carbonyl (C=O) groups is 1. The van der Waals surface area contributed by atoms with Crippen LogP contribution in [0.3, 0.4) is 0 Å². The first kappa shape index (κ1) is 16.2. The van der Waals surface area contributed by atoms with Gasteiger partial charge in [-0.15, -0.1) is 11.3 Å². The summed E-state index contributed by atoms with van der Waals surface area (Å²) in [5, 5.41) is 5.01. The number of thiophene rings is 1. The number of nitrogens with one attached hydrogen (secondary N) is 1. The van der Waals surface area contributed by atoms with Crippen LogP contribution in [0.25, 0.3) is 0 Å². The molecule has 1 amide bonds. The molecule has 1 aliphatic heterocycles. The lowest BCUT2D eigenvalue weighted by Crippen LogP contribution is -2.43. The molecule has 1 N–H and O–H groups in total. The van der Waals surface area contributed by atoms with Crippen LogP contribution < -0.4 is 5.32 Å². The predicted molar refractivity (Wildman–Crippen MR) is 93.0 cm³/mol. The second kappa shape index (κ2) is 7.73. The Morgan fingerprint density at radius 1 is 1.26 bits per heavy atom. The van der Waals surface area contributed by atoms with Crippen LogP contribution in [-0.2, 0) is 4.74 Å². The standard InChI is InChI=1S/C18H22N2O2S/c1-14-4-6-15(7-5-14)16(20-8-10-22-11-9-20)13-19-18(21)17-3-2-12-23-17/h2-7,12,16H,8-11,13H2,1H3,(H,19,21)/t16-/m0/s1. The van der Waals surface area contributed by atoms with E-state index >= 15 is 0 Å². The molecule has 3 rings (SSSR count). The van der Waals surface area contributed by atoms with E-state index in [1.165, 1.54) is 22.5 Å². The molecule has 0 radical (unpaired) electrons. The third-order valence-corrected chi connectivity index (χ3v) is 5.02. The maximum atomic E-state index is 12.2. The van der Waals surface area contributed by atoms with Crippen LogP contribution >= 0.6 is 11.3 Å². The third-order valence-electron chi connectivity index (χ3n) is 4.15. The zero-order valence-corrected chi connectivity index (χ0v) is 14.1. The highest BCUT2D eigenvalue weighted by molar-refractivity contribution is 7.12. The number of carbonyl (C=O) groups excluding carboxylic acids is 1. The minimum absolute atomic E-state index is 0.00497. The average Bonchev–Trinajstić information content (AvgIpc) is 3.12. The van der Waals surface area contributed by atoms with Crippen molar-refractivity contribution in [3.63, 3.8) is 0 Å². The van der Waals surface area contributed by atoms with Gasteiger partial charge in [0.1, 0.15) is 0 Å². The van der Waals surface area contributed by atoms with Gasteiger partial charge in [-0.2, -0.15) is 0 Å². The van der Waals surface area contributed by atoms with Crippen molar-refractivity contribution < 1.29 is 9.53 Å². The van der Waals surface area contributed by atoms with Crippen molar-refractivity contribution in [3.8, 4) is 0 Å². The normalized spacial score (nSPS) is 16.9. The molecule has 4 nitrogen and oxygen atoms in total. The van der Waals surface area contributed by atoms with E-state index in [9.17, 15) is 4.79 Å². The number of benzene rings is 1. The van der Waals surface area contributed by atoms with Crippen LogP contribution in [0.5, 0.6) is 0 Å². The monoisotopic (exact) mass is 330 g/mol. The number of aryl methyl sites for hydroxylation is 1. The number of hydrogen-bond acceptors (Lipinski definition) is 4. The molecule has 2 aromatic rings. The smallest absolute Gasteiger partial charge is 0.261 e. The van der Waals surface area contributed by atoms with E-state index in [4.69, 9.17) is 4.74 Å². The lowest BCUT2D eigenvalue weighted by molar-refractivity contribution is 0.0162. The molecule has 1 aromatic carbocycles. The molecule has 0 aliphatic carbocycles. The molecule has 122 valence electrons. The molecule has 5 heteroatoms. The van der Waals surface area contributed by atoms with Crippen molar-refractivity contribution in [2.24, 2.45) is 0 Å². The Labute approximate surface area is 141 Å². The lowest BCUT2D eigenvalue weighted by Gasteiger charge is -2.35. The summed E-state index contributed by atoms with van der Waals surface area (Å²) in [5.74, 6) is 0.00497. The molecule has 1 aliphatic rings. The summed E-state index contributed by atoms with van der Waals surface area (Å²) < 4.78 is 5.46. The highest BCUT2D eigenvalue weighted by atomic mass is 32.1. The third kappa shape index (κ3) is 4.19. The second-order valence-corrected chi connectivity index (χ2v) is 6.71. The Hall–Kier alpha value is -1.69. The van der Waals surface area contributed by atoms with Crippen LogP contribution in [0.1, 0.15) is 26.8 Å². The Morgan fingerprint density at radius 2 is 2.00 bits per heavy atom. The largest absolute Gasteiger partial charge is 0.379 e. The molecule has 0 unspecified atom stereocenters. The van der Waals surface area contributed by atoms with E-state index in [-0.39, 0.29) is 11.9 Å². The summed E-state index contributed by atoms with van der Waals surface area (Å²) in [7, 11) is 0. The van der Waals surface area contributed by atoms with Gasteiger partial charge in [0.15, 0.2) is 0 Å². The Kier molecular flexibility index (Phi) is 5.43. The van der Waals surface area contributed by atoms with Crippen LogP contribution in [0.2, 0.25) is 0 Å². The summed E-state index contributed by atoms with van der Waals surface area (Å²) in [6.45, 7) is 6.00. The van der Waals surface area contributed by atoms with Crippen molar-refractivity contribution >= 4 is 17.2 Å². The first-order chi connectivity index (χ1) is 11.2. The zero-order valence-electron chi connectivity index (χ0n) is 13.3. The number of nitrogens with zero attached hydrogens (tertiary/aromatic N) is 1. The van der Waals surface area contributed by atoms with Crippen molar-refractivity contribution in [2.75, 3.05) is 32.8 Å². The molecule has 0 saturated carbocycles. The highest BCUT2D eigenvalue weighted by Gasteiger charge is 2.23. The van der Waals surface area contributed by atoms with Gasteiger partial charge < -0.3 is 10.1 Å². The van der Waals surface area contributed by atoms with Crippen LogP contribution in [0, 0.1) is 6.92 Å². The molecule has 23 heavy (non-hydrogen) atoms. The van der Waals surface area contributed by atoms with E-state index in [2.05, 4.69) is 41.4 Å². The topological polar surface area (TPSA) is 41.6 Å². The summed E-state index contributed by atoms with van der Waals surface area (Å²) in [6.07, 6.45) is 0. The molecule has 1 saturated heterocycles. The highest BCUT2D eigenvalue weighted by Crippen LogP contribution is 2.22. The summed E-state index contributed by atoms with van der Waals surface area (Å²) in [4.78, 5) is 15.4. The number of amides is 1. The van der Waals surface area contributed by atoms with E-state index in [0.717, 1.165) is 31.2 Å². The van der Waals surface area contributed by atoms with Crippen LogP contribution in [0.4, 0.5) is 0 Å². The fourth-order valence-corrected chi connectivity index (χ4v) is 3.46. The fourth-order valence-electron chi connectivity index (χ4n) is 2.82. The predicted octanol–water partition coefficient (Wildman–Crippen LogP) is 2.86. The van der Waals surface area contributed by atoms with Crippen molar-refractivity contribution in [1.82, 2.24) is 10.2 Å². The zero-order chi connectivity index (χ0) is 16.1. The van der Waals surface area contributed by atoms with E-state index in [0.29, 0.717) is 6.54 Å². The molecular weight excluding hydrogens is 308 g/mol. The quantitative estimate of drug-likeness (QED) is 0.916. The Morgan fingerprint density at radius 3 is 2.65 bits per heavy atom. The maximum Gasteiger partial charge on any atom is 0.261 e. The van der Waals surface area contributed by atoms with Gasteiger partial charge in [-0.25, -0.2) is 0 Å². The SMILES string of the molecule is Cc1ccc([C@H](CNC(=O)c2cccs2)N2CCOCC2)cc1. The fraction of sp³-hybridized carbons (Fsp3) is 0.389. The van der Waals surface area contributed by atoms with E-state index in [1.54, 1.807) is 0 Å². The molecule has 0 bridgehead atoms. The number of rotatable bonds is 5. The van der Waals surface area contributed by atoms with Crippen LogP contribution in [-0.4, -0.2) is 43.7 Å². The maximum absolute atomic E-state index is 12.2. The van der Waals surface area contributed by atoms with Gasteiger partial charge >= 0.3 is 0 Å². The molecule has 1 aromatic heterocycles. The first-order valence-corrected chi connectivity index (χ1v) is 8.82. The van der Waals surface area contributed by atoms with Gasteiger partial charge in [-0.05, 0) is 23.9 Å². The van der Waals surface area contributed by atoms with Crippen molar-refractivity contribution in [1.29, 1.82) is 0 Å². The summed E-state index contributed by atoms with van der Waals surface area (Å²) in [6, 6.07) is 12.5. The molecule has 1 fully saturated rings. The molecule has 2 heterocycles. The van der Waals surface area contributed by atoms with E-state index < -0.39 is 0 Å². The molecule has 0 spiro atoms. The first-order valence-electron chi connectivity index (χ1n) is 7.94. The van der Waals surface area contributed by atoms with Gasteiger partial charge in [-0.1, -0.05) is 35.9 Å². The Balaban J connectivity index is 1.72. The minimum atomic E-state index is 0.00497. The van der Waals surface area contributed by atoms with Crippen molar-refractivity contribution in [3.05, 3.63) is 57.8 Å². The lowest BCUT2D eigenvalue weighted by atomic mass is 10.0. The molecular formula is C18H22N2O2S. The van der Waals surface area contributed by atoms with Gasteiger partial charge in [0.2, 0.25) is 0 Å². The minimum Gasteiger partial charge on any atom is -0.379 e. The van der Waals surface area contributed by atoms with Gasteiger partial charge in [0.05, 0.1) is 24.1 Å². The second-order valence-electron chi connectivity index (χ2n) is 5.76. The van der Waals surface area contributed by atoms with E-state index in [1.807, 2.05) is 17.5 Å². The van der Waals surface area contributed by atoms with Gasteiger partial charge in [0, 0.05) is 19.6 Å².